The molecule has 0 spiro atoms. The Kier molecular flexibility index (Phi) is 8.81. The molecule has 260 valence electrons. The van der Waals surface area contributed by atoms with E-state index in [1.165, 1.54) is 0 Å². The number of hydrogen-bond acceptors (Lipinski definition) is 8. The number of hydrogen-bond donors (Lipinski definition) is 0. The van der Waals surface area contributed by atoms with E-state index in [9.17, 15) is 9.59 Å². The largest absolute Gasteiger partial charge is 0.289 e. The fraction of sp³-hybridized carbons (Fsp3) is 0. The van der Waals surface area contributed by atoms with Crippen molar-refractivity contribution in [1.82, 2.24) is 29.9 Å². The van der Waals surface area contributed by atoms with Crippen LogP contribution in [0.3, 0.4) is 0 Å². The first-order valence-electron chi connectivity index (χ1n) is 17.7. The number of carbonyl (C=O) groups excluding carboxylic acids is 2. The third-order valence-electron chi connectivity index (χ3n) is 9.12. The summed E-state index contributed by atoms with van der Waals surface area (Å²) in [5.41, 5.74) is 8.40. The van der Waals surface area contributed by atoms with Crippen molar-refractivity contribution in [3.8, 4) is 69.2 Å². The van der Waals surface area contributed by atoms with E-state index in [0.29, 0.717) is 78.9 Å². The van der Waals surface area contributed by atoms with Gasteiger partial charge in [-0.1, -0.05) is 72.2 Å². The van der Waals surface area contributed by atoms with E-state index in [1.807, 2.05) is 97.1 Å². The van der Waals surface area contributed by atoms with E-state index in [1.54, 1.807) is 61.2 Å². The second-order valence-electron chi connectivity index (χ2n) is 12.7. The molecule has 0 amide bonds. The summed E-state index contributed by atoms with van der Waals surface area (Å²) in [6, 6.07) is 40.2. The molecule has 0 bridgehead atoms. The molecule has 0 aliphatic heterocycles. The van der Waals surface area contributed by atoms with Crippen LogP contribution in [0.1, 0.15) is 54.1 Å². The fourth-order valence-electron chi connectivity index (χ4n) is 6.50. The van der Waals surface area contributed by atoms with Crippen molar-refractivity contribution in [2.24, 2.45) is 0 Å². The molecule has 8 heteroatoms. The number of fused-ring (bicyclic) bond motifs is 2. The molecule has 0 N–H and O–H groups in total. The molecule has 1 aliphatic rings. The number of nitrogens with zero attached hydrogens (tertiary/aromatic N) is 6. The van der Waals surface area contributed by atoms with E-state index in [4.69, 9.17) is 9.97 Å². The zero-order valence-electron chi connectivity index (χ0n) is 29.5. The summed E-state index contributed by atoms with van der Waals surface area (Å²) in [5, 5.41) is 0. The van der Waals surface area contributed by atoms with Crippen LogP contribution < -0.4 is 0 Å². The molecular formula is C48H26N6O2. The smallest absolute Gasteiger partial charge is 0.195 e. The number of aromatic nitrogens is 6. The lowest BCUT2D eigenvalue weighted by molar-refractivity contribution is 0.0978. The highest BCUT2D eigenvalue weighted by Gasteiger charge is 2.33. The average Bonchev–Trinajstić information content (AvgIpc) is 3.27. The molecule has 6 heterocycles. The molecular weight excluding hydrogens is 693 g/mol. The molecule has 1 aliphatic carbocycles. The van der Waals surface area contributed by atoms with Gasteiger partial charge in [0.15, 0.2) is 11.6 Å². The van der Waals surface area contributed by atoms with Crippen LogP contribution in [-0.4, -0.2) is 41.5 Å². The van der Waals surface area contributed by atoms with Crippen molar-refractivity contribution in [3.63, 3.8) is 0 Å². The normalized spacial score (nSPS) is 11.4. The van der Waals surface area contributed by atoms with Crippen molar-refractivity contribution in [3.05, 3.63) is 203 Å². The summed E-state index contributed by atoms with van der Waals surface area (Å²) in [5.74, 6) is 12.3. The molecule has 8 nitrogen and oxygen atoms in total. The molecule has 0 radical (unpaired) electrons. The monoisotopic (exact) mass is 718 g/mol. The highest BCUT2D eigenvalue weighted by Crippen LogP contribution is 2.32. The Labute approximate surface area is 322 Å². The summed E-state index contributed by atoms with van der Waals surface area (Å²) in [6.07, 6.45) is 6.84. The summed E-state index contributed by atoms with van der Waals surface area (Å²) in [4.78, 5) is 56.2. The molecule has 2 aromatic carbocycles. The van der Waals surface area contributed by atoms with Gasteiger partial charge in [0.2, 0.25) is 0 Å². The van der Waals surface area contributed by atoms with Gasteiger partial charge in [-0.05, 0) is 84.9 Å². The molecule has 56 heavy (non-hydrogen) atoms. The van der Waals surface area contributed by atoms with Gasteiger partial charge in [0, 0.05) is 58.2 Å². The van der Waals surface area contributed by atoms with Gasteiger partial charge in [-0.15, -0.1) is 0 Å². The second kappa shape index (κ2) is 14.7. The van der Waals surface area contributed by atoms with E-state index < -0.39 is 0 Å². The van der Waals surface area contributed by atoms with Gasteiger partial charge in [-0.25, -0.2) is 9.97 Å². The summed E-state index contributed by atoms with van der Waals surface area (Å²) in [7, 11) is 0. The zero-order valence-corrected chi connectivity index (χ0v) is 29.5. The lowest BCUT2D eigenvalue weighted by Crippen LogP contribution is -2.23. The zero-order chi connectivity index (χ0) is 37.8. The standard InChI is InChI=1S/C48H26N6O2/c55-47-35-11-1-2-12-36(35)48(56)46-34(20-18-32-29-43(39-15-5-9-25-51-39)54-44(30-32)40-16-6-10-26-52-40)22-21-33(45(46)47)19-17-31-27-41(37-13-3-7-23-49-37)53-42(28-31)38-14-4-8-24-50-38/h1-16,21-30H. The van der Waals surface area contributed by atoms with Crippen LogP contribution in [0.15, 0.2) is 158 Å². The molecule has 8 aromatic rings. The Morgan fingerprint density at radius 2 is 0.661 bits per heavy atom. The van der Waals surface area contributed by atoms with Gasteiger partial charge in [0.25, 0.3) is 0 Å². The minimum Gasteiger partial charge on any atom is -0.289 e. The van der Waals surface area contributed by atoms with Crippen molar-refractivity contribution in [2.75, 3.05) is 0 Å². The van der Waals surface area contributed by atoms with Crippen molar-refractivity contribution in [1.29, 1.82) is 0 Å². The van der Waals surface area contributed by atoms with Crippen LogP contribution >= 0.6 is 0 Å². The van der Waals surface area contributed by atoms with Gasteiger partial charge in [0.05, 0.1) is 56.7 Å². The van der Waals surface area contributed by atoms with Crippen LogP contribution in [-0.2, 0) is 0 Å². The first kappa shape index (κ1) is 33.6. The average molecular weight is 719 g/mol. The van der Waals surface area contributed by atoms with Crippen LogP contribution in [0, 0.1) is 23.7 Å². The fourth-order valence-corrected chi connectivity index (χ4v) is 6.50. The summed E-state index contributed by atoms with van der Waals surface area (Å²) >= 11 is 0. The van der Waals surface area contributed by atoms with E-state index in [0.717, 1.165) is 0 Å². The highest BCUT2D eigenvalue weighted by atomic mass is 16.1. The number of pyridine rings is 6. The molecule has 9 rings (SSSR count). The summed E-state index contributed by atoms with van der Waals surface area (Å²) < 4.78 is 0. The first-order valence-corrected chi connectivity index (χ1v) is 17.7. The molecule has 0 saturated heterocycles. The molecule has 0 fully saturated rings. The molecule has 0 unspecified atom stereocenters. The van der Waals surface area contributed by atoms with Crippen molar-refractivity contribution < 1.29 is 9.59 Å². The Hall–Kier alpha value is -8.20. The molecule has 6 aromatic heterocycles. The van der Waals surface area contributed by atoms with Crippen molar-refractivity contribution in [2.45, 2.75) is 0 Å². The van der Waals surface area contributed by atoms with Crippen LogP contribution in [0.25, 0.3) is 45.6 Å². The van der Waals surface area contributed by atoms with Gasteiger partial charge in [-0.3, -0.25) is 29.5 Å². The number of rotatable bonds is 4. The van der Waals surface area contributed by atoms with E-state index in [-0.39, 0.29) is 22.7 Å². The van der Waals surface area contributed by atoms with E-state index >= 15 is 0 Å². The Morgan fingerprint density at radius 1 is 0.339 bits per heavy atom. The maximum Gasteiger partial charge on any atom is 0.195 e. The van der Waals surface area contributed by atoms with Gasteiger partial charge >= 0.3 is 0 Å². The Morgan fingerprint density at radius 3 is 0.964 bits per heavy atom. The highest BCUT2D eigenvalue weighted by molar-refractivity contribution is 6.30. The summed E-state index contributed by atoms with van der Waals surface area (Å²) in [6.45, 7) is 0. The predicted octanol–water partition coefficient (Wildman–Crippen LogP) is 8.30. The maximum atomic E-state index is 14.3. The maximum absolute atomic E-state index is 14.3. The van der Waals surface area contributed by atoms with Gasteiger partial charge < -0.3 is 0 Å². The minimum absolute atomic E-state index is 0.218. The number of ketones is 2. The first-order chi connectivity index (χ1) is 27.6. The lowest BCUT2D eigenvalue weighted by atomic mass is 9.79. The number of benzene rings is 2. The Bertz CT molecular complexity index is 2630. The van der Waals surface area contributed by atoms with Crippen LogP contribution in [0.2, 0.25) is 0 Å². The van der Waals surface area contributed by atoms with Gasteiger partial charge in [0.1, 0.15) is 0 Å². The van der Waals surface area contributed by atoms with Crippen LogP contribution in [0.4, 0.5) is 0 Å². The quantitative estimate of drug-likeness (QED) is 0.167. The molecule has 0 atom stereocenters. The third kappa shape index (κ3) is 6.62. The van der Waals surface area contributed by atoms with E-state index in [2.05, 4.69) is 43.6 Å². The minimum atomic E-state index is -0.292. The SMILES string of the molecule is O=C1c2ccccc2C(=O)c2c(C#Cc3cc(-c4ccccn4)nc(-c4ccccn4)c3)ccc(C#Cc3cc(-c4ccccn4)nc(-c4ccccn4)c3)c21. The van der Waals surface area contributed by atoms with Crippen molar-refractivity contribution >= 4 is 11.6 Å². The topological polar surface area (TPSA) is 111 Å². The molecule has 0 saturated carbocycles. The third-order valence-corrected chi connectivity index (χ3v) is 9.12. The van der Waals surface area contributed by atoms with Crippen LogP contribution in [0.5, 0.6) is 0 Å². The Balaban J connectivity index is 1.18. The lowest BCUT2D eigenvalue weighted by Gasteiger charge is -2.20. The second-order valence-corrected chi connectivity index (χ2v) is 12.7. The number of carbonyl (C=O) groups is 2. The predicted molar refractivity (Wildman–Crippen MR) is 213 cm³/mol. The van der Waals surface area contributed by atoms with Gasteiger partial charge in [-0.2, -0.15) is 0 Å².